The highest BCUT2D eigenvalue weighted by molar-refractivity contribution is 14.1. The lowest BCUT2D eigenvalue weighted by Gasteiger charge is -2.22. The minimum atomic E-state index is 0.132. The van der Waals surface area contributed by atoms with Crippen LogP contribution in [0.5, 0.6) is 0 Å². The quantitative estimate of drug-likeness (QED) is 0.604. The van der Waals surface area contributed by atoms with Gasteiger partial charge in [0.2, 0.25) is 0 Å². The van der Waals surface area contributed by atoms with Crippen molar-refractivity contribution in [2.45, 2.75) is 18.9 Å². The molecule has 1 aliphatic heterocycles. The molecular weight excluding hydrogens is 313 g/mol. The molecule has 2 nitrogen and oxygen atoms in total. The van der Waals surface area contributed by atoms with E-state index in [0.717, 1.165) is 28.5 Å². The first-order valence-corrected chi connectivity index (χ1v) is 6.50. The maximum Gasteiger partial charge on any atom is 0.255 e. The molecule has 1 fully saturated rings. The number of hydrogen-bond donors (Lipinski definition) is 0. The van der Waals surface area contributed by atoms with E-state index in [2.05, 4.69) is 29.2 Å². The predicted molar refractivity (Wildman–Crippen MR) is 73.4 cm³/mol. The summed E-state index contributed by atoms with van der Waals surface area (Å²) >= 11 is 2.21. The predicted octanol–water partition coefficient (Wildman–Crippen LogP) is 3.08. The van der Waals surface area contributed by atoms with Gasteiger partial charge < -0.3 is 4.90 Å². The zero-order chi connectivity index (χ0) is 11.5. The maximum absolute atomic E-state index is 12.3. The molecule has 1 aliphatic rings. The van der Waals surface area contributed by atoms with Crippen molar-refractivity contribution < 1.29 is 4.79 Å². The Balaban J connectivity index is 2.25. The molecule has 0 spiro atoms. The van der Waals surface area contributed by atoms with E-state index in [1.165, 1.54) is 0 Å². The molecule has 16 heavy (non-hydrogen) atoms. The molecule has 1 aromatic rings. The Morgan fingerprint density at radius 2 is 2.25 bits per heavy atom. The summed E-state index contributed by atoms with van der Waals surface area (Å²) < 4.78 is 1.01. The Hall–Kier alpha value is -0.840. The van der Waals surface area contributed by atoms with Crippen LogP contribution in [0, 0.1) is 3.57 Å². The Morgan fingerprint density at radius 3 is 2.94 bits per heavy atom. The summed E-state index contributed by atoms with van der Waals surface area (Å²) in [5.74, 6) is 0.132. The van der Waals surface area contributed by atoms with Gasteiger partial charge in [0.1, 0.15) is 0 Å². The Bertz CT molecular complexity index is 416. The van der Waals surface area contributed by atoms with Gasteiger partial charge in [0.25, 0.3) is 5.91 Å². The Labute approximate surface area is 109 Å². The molecule has 1 saturated heterocycles. The fourth-order valence-corrected chi connectivity index (χ4v) is 2.70. The number of carbonyl (C=O) groups excluding carboxylic acids is 1. The van der Waals surface area contributed by atoms with Crippen LogP contribution in [-0.4, -0.2) is 23.4 Å². The fourth-order valence-electron chi connectivity index (χ4n) is 2.08. The van der Waals surface area contributed by atoms with Crippen molar-refractivity contribution in [2.24, 2.45) is 0 Å². The third-order valence-corrected chi connectivity index (χ3v) is 3.88. The number of carbonyl (C=O) groups is 1. The van der Waals surface area contributed by atoms with Gasteiger partial charge in [-0.05, 0) is 47.6 Å². The average Bonchev–Trinajstić information content (AvgIpc) is 2.77. The van der Waals surface area contributed by atoms with Crippen LogP contribution >= 0.6 is 22.6 Å². The fraction of sp³-hybridized carbons (Fsp3) is 0.308. The lowest BCUT2D eigenvalue weighted by atomic mass is 10.1. The van der Waals surface area contributed by atoms with Gasteiger partial charge in [-0.1, -0.05) is 18.2 Å². The molecule has 1 amide bonds. The second-order valence-corrected chi connectivity index (χ2v) is 5.09. The van der Waals surface area contributed by atoms with Gasteiger partial charge in [-0.15, -0.1) is 6.58 Å². The van der Waals surface area contributed by atoms with E-state index in [1.807, 2.05) is 35.2 Å². The van der Waals surface area contributed by atoms with Crippen LogP contribution in [0.15, 0.2) is 36.9 Å². The van der Waals surface area contributed by atoms with Crippen molar-refractivity contribution in [3.8, 4) is 0 Å². The Morgan fingerprint density at radius 1 is 1.50 bits per heavy atom. The van der Waals surface area contributed by atoms with Crippen molar-refractivity contribution in [1.82, 2.24) is 4.90 Å². The van der Waals surface area contributed by atoms with Crippen molar-refractivity contribution in [2.75, 3.05) is 6.54 Å². The van der Waals surface area contributed by atoms with E-state index in [4.69, 9.17) is 0 Å². The minimum absolute atomic E-state index is 0.132. The minimum Gasteiger partial charge on any atom is -0.332 e. The van der Waals surface area contributed by atoms with Gasteiger partial charge in [0, 0.05) is 10.1 Å². The summed E-state index contributed by atoms with van der Waals surface area (Å²) in [6.45, 7) is 4.64. The molecule has 1 heterocycles. The summed E-state index contributed by atoms with van der Waals surface area (Å²) in [6, 6.07) is 7.93. The molecule has 3 heteroatoms. The first-order valence-electron chi connectivity index (χ1n) is 5.42. The van der Waals surface area contributed by atoms with E-state index in [0.29, 0.717) is 0 Å². The normalized spacial score (nSPS) is 19.8. The molecule has 0 radical (unpaired) electrons. The summed E-state index contributed by atoms with van der Waals surface area (Å²) in [6.07, 6.45) is 3.99. The van der Waals surface area contributed by atoms with E-state index in [1.54, 1.807) is 0 Å². The molecule has 1 atom stereocenters. The summed E-state index contributed by atoms with van der Waals surface area (Å²) in [4.78, 5) is 14.2. The molecule has 0 saturated carbocycles. The molecule has 0 aromatic heterocycles. The molecule has 0 unspecified atom stereocenters. The van der Waals surface area contributed by atoms with E-state index < -0.39 is 0 Å². The number of likely N-dealkylation sites (tertiary alicyclic amines) is 1. The van der Waals surface area contributed by atoms with Gasteiger partial charge in [-0.3, -0.25) is 4.79 Å². The van der Waals surface area contributed by atoms with Crippen molar-refractivity contribution in [3.63, 3.8) is 0 Å². The first-order chi connectivity index (χ1) is 7.74. The van der Waals surface area contributed by atoms with Gasteiger partial charge in [-0.2, -0.15) is 0 Å². The van der Waals surface area contributed by atoms with E-state index >= 15 is 0 Å². The number of hydrogen-bond acceptors (Lipinski definition) is 1. The van der Waals surface area contributed by atoms with Crippen LogP contribution in [0.4, 0.5) is 0 Å². The molecule has 84 valence electrons. The SMILES string of the molecule is C=C[C@@H]1CCCN1C(=O)c1ccccc1I. The average molecular weight is 327 g/mol. The Kier molecular flexibility index (Phi) is 3.63. The monoisotopic (exact) mass is 327 g/mol. The molecule has 0 bridgehead atoms. The topological polar surface area (TPSA) is 20.3 Å². The zero-order valence-electron chi connectivity index (χ0n) is 9.03. The lowest BCUT2D eigenvalue weighted by Crippen LogP contribution is -2.34. The third kappa shape index (κ3) is 2.14. The summed E-state index contributed by atoms with van der Waals surface area (Å²) in [5.41, 5.74) is 0.803. The van der Waals surface area contributed by atoms with Crippen LogP contribution in [-0.2, 0) is 0 Å². The molecular formula is C13H14INO. The maximum atomic E-state index is 12.3. The highest BCUT2D eigenvalue weighted by Gasteiger charge is 2.27. The van der Waals surface area contributed by atoms with Crippen LogP contribution in [0.3, 0.4) is 0 Å². The van der Waals surface area contributed by atoms with Gasteiger partial charge in [-0.25, -0.2) is 0 Å². The number of rotatable bonds is 2. The third-order valence-electron chi connectivity index (χ3n) is 2.94. The van der Waals surface area contributed by atoms with Crippen LogP contribution in [0.2, 0.25) is 0 Å². The molecule has 0 aliphatic carbocycles. The first kappa shape index (κ1) is 11.6. The van der Waals surface area contributed by atoms with Crippen LogP contribution < -0.4 is 0 Å². The highest BCUT2D eigenvalue weighted by Crippen LogP contribution is 2.22. The van der Waals surface area contributed by atoms with Crippen LogP contribution in [0.1, 0.15) is 23.2 Å². The second kappa shape index (κ2) is 4.99. The van der Waals surface area contributed by atoms with E-state index in [-0.39, 0.29) is 11.9 Å². The molecule has 2 rings (SSSR count). The number of halogens is 1. The van der Waals surface area contributed by atoms with Crippen LogP contribution in [0.25, 0.3) is 0 Å². The largest absolute Gasteiger partial charge is 0.332 e. The van der Waals surface area contributed by atoms with Gasteiger partial charge >= 0.3 is 0 Å². The lowest BCUT2D eigenvalue weighted by molar-refractivity contribution is 0.0760. The molecule has 0 N–H and O–H groups in total. The summed E-state index contributed by atoms with van der Waals surface area (Å²) in [7, 11) is 0. The zero-order valence-corrected chi connectivity index (χ0v) is 11.2. The van der Waals surface area contributed by atoms with Crippen molar-refractivity contribution in [3.05, 3.63) is 46.1 Å². The molecule has 1 aromatic carbocycles. The number of benzene rings is 1. The summed E-state index contributed by atoms with van der Waals surface area (Å²) in [5, 5.41) is 0. The second-order valence-electron chi connectivity index (χ2n) is 3.92. The van der Waals surface area contributed by atoms with Crippen molar-refractivity contribution in [1.29, 1.82) is 0 Å². The standard InChI is InChI=1S/C13H14INO/c1-2-10-6-5-9-15(10)13(16)11-7-3-4-8-12(11)14/h2-4,7-8,10H,1,5-6,9H2/t10-/m1/s1. The highest BCUT2D eigenvalue weighted by atomic mass is 127. The van der Waals surface area contributed by atoms with E-state index in [9.17, 15) is 4.79 Å². The van der Waals surface area contributed by atoms with Gasteiger partial charge in [0.15, 0.2) is 0 Å². The van der Waals surface area contributed by atoms with Gasteiger partial charge in [0.05, 0.1) is 11.6 Å². The smallest absolute Gasteiger partial charge is 0.255 e. The number of nitrogens with zero attached hydrogens (tertiary/aromatic N) is 1. The number of amides is 1. The van der Waals surface area contributed by atoms with Crippen molar-refractivity contribution >= 4 is 28.5 Å².